The minimum absolute atomic E-state index is 0.231. The molecule has 2 heterocycles. The van der Waals surface area contributed by atoms with Gasteiger partial charge in [-0.05, 0) is 43.7 Å². The van der Waals surface area contributed by atoms with Crippen molar-refractivity contribution in [2.75, 3.05) is 5.73 Å². The Balaban J connectivity index is 1.86. The van der Waals surface area contributed by atoms with E-state index in [1.165, 1.54) is 17.0 Å². The van der Waals surface area contributed by atoms with Crippen LogP contribution in [0.2, 0.25) is 0 Å². The van der Waals surface area contributed by atoms with E-state index in [1.807, 2.05) is 6.92 Å². The lowest BCUT2D eigenvalue weighted by Crippen LogP contribution is -1.99. The van der Waals surface area contributed by atoms with E-state index in [9.17, 15) is 4.39 Å². The largest absolute Gasteiger partial charge is 0.383 e. The van der Waals surface area contributed by atoms with Gasteiger partial charge in [0, 0.05) is 9.77 Å². The summed E-state index contributed by atoms with van der Waals surface area (Å²) in [7, 11) is 0. The molecular formula is C15H14FN3S2. The van der Waals surface area contributed by atoms with Crippen LogP contribution in [0.1, 0.15) is 16.3 Å². The van der Waals surface area contributed by atoms with Crippen molar-refractivity contribution in [3.8, 4) is 0 Å². The highest BCUT2D eigenvalue weighted by Gasteiger charge is 2.12. The van der Waals surface area contributed by atoms with Gasteiger partial charge in [-0.3, -0.25) is 0 Å². The van der Waals surface area contributed by atoms with Crippen LogP contribution in [0.3, 0.4) is 0 Å². The quantitative estimate of drug-likeness (QED) is 0.730. The number of fused-ring (bicyclic) bond motifs is 1. The third-order valence-electron chi connectivity index (χ3n) is 3.28. The first-order valence-electron chi connectivity index (χ1n) is 6.45. The van der Waals surface area contributed by atoms with Gasteiger partial charge in [-0.1, -0.05) is 0 Å². The van der Waals surface area contributed by atoms with Crippen LogP contribution < -0.4 is 5.73 Å². The van der Waals surface area contributed by atoms with Gasteiger partial charge in [-0.2, -0.15) is 0 Å². The van der Waals surface area contributed by atoms with Gasteiger partial charge in [0.15, 0.2) is 0 Å². The molecule has 1 aromatic carbocycles. The number of hydrogen-bond acceptors (Lipinski definition) is 5. The summed E-state index contributed by atoms with van der Waals surface area (Å²) < 4.78 is 12.9. The van der Waals surface area contributed by atoms with Crippen LogP contribution >= 0.6 is 23.1 Å². The average molecular weight is 319 g/mol. The minimum atomic E-state index is -0.231. The fourth-order valence-corrected chi connectivity index (χ4v) is 3.88. The third-order valence-corrected chi connectivity index (χ3v) is 5.39. The van der Waals surface area contributed by atoms with Gasteiger partial charge >= 0.3 is 0 Å². The molecule has 0 saturated heterocycles. The molecule has 6 heteroatoms. The summed E-state index contributed by atoms with van der Waals surface area (Å²) in [5.74, 6) is 1.62. The summed E-state index contributed by atoms with van der Waals surface area (Å²) >= 11 is 3.21. The first-order chi connectivity index (χ1) is 10.0. The van der Waals surface area contributed by atoms with Crippen molar-refractivity contribution in [3.05, 3.63) is 46.3 Å². The molecule has 108 valence electrons. The standard InChI is InChI=1S/C15H14FN3S2/c1-8-9(2)21-15-13(8)14(17)18-12(19-15)7-20-11-5-3-10(16)4-6-11/h3-6H,7H2,1-2H3,(H2,17,18,19). The summed E-state index contributed by atoms with van der Waals surface area (Å²) in [4.78, 5) is 12.1. The number of halogens is 1. The topological polar surface area (TPSA) is 51.8 Å². The summed E-state index contributed by atoms with van der Waals surface area (Å²) in [6.07, 6.45) is 0. The maximum absolute atomic E-state index is 12.9. The Kier molecular flexibility index (Phi) is 3.82. The second-order valence-corrected chi connectivity index (χ2v) is 6.98. The van der Waals surface area contributed by atoms with Crippen LogP contribution in [-0.4, -0.2) is 9.97 Å². The van der Waals surface area contributed by atoms with E-state index in [2.05, 4.69) is 16.9 Å². The van der Waals surface area contributed by atoms with Crippen LogP contribution in [0.5, 0.6) is 0 Å². The zero-order valence-electron chi connectivity index (χ0n) is 11.7. The minimum Gasteiger partial charge on any atom is -0.383 e. The zero-order valence-corrected chi connectivity index (χ0v) is 13.3. The lowest BCUT2D eigenvalue weighted by molar-refractivity contribution is 0.626. The Morgan fingerprint density at radius 3 is 2.62 bits per heavy atom. The molecule has 0 unspecified atom stereocenters. The van der Waals surface area contributed by atoms with Gasteiger partial charge < -0.3 is 5.73 Å². The number of rotatable bonds is 3. The number of nitrogen functional groups attached to an aromatic ring is 1. The molecule has 0 atom stereocenters. The number of nitrogens with zero attached hydrogens (tertiary/aromatic N) is 2. The molecule has 3 aromatic rings. The lowest BCUT2D eigenvalue weighted by atomic mass is 10.2. The highest BCUT2D eigenvalue weighted by molar-refractivity contribution is 7.98. The monoisotopic (exact) mass is 319 g/mol. The molecule has 21 heavy (non-hydrogen) atoms. The molecule has 3 nitrogen and oxygen atoms in total. The van der Waals surface area contributed by atoms with Crippen LogP contribution in [0, 0.1) is 19.7 Å². The SMILES string of the molecule is Cc1sc2nc(CSc3ccc(F)cc3)nc(N)c2c1C. The highest BCUT2D eigenvalue weighted by Crippen LogP contribution is 2.32. The number of thiophene rings is 1. The van der Waals surface area contributed by atoms with Crippen molar-refractivity contribution in [2.45, 2.75) is 24.5 Å². The average Bonchev–Trinajstić information content (AvgIpc) is 2.74. The van der Waals surface area contributed by atoms with E-state index in [4.69, 9.17) is 5.73 Å². The normalized spacial score (nSPS) is 11.2. The van der Waals surface area contributed by atoms with Gasteiger partial charge in [0.1, 0.15) is 22.3 Å². The molecule has 2 N–H and O–H groups in total. The summed E-state index contributed by atoms with van der Waals surface area (Å²) in [6, 6.07) is 6.40. The van der Waals surface area contributed by atoms with E-state index >= 15 is 0 Å². The number of thioether (sulfide) groups is 1. The molecule has 2 aromatic heterocycles. The highest BCUT2D eigenvalue weighted by atomic mass is 32.2. The van der Waals surface area contributed by atoms with E-state index in [1.54, 1.807) is 35.2 Å². The molecule has 0 amide bonds. The number of aromatic nitrogens is 2. The summed E-state index contributed by atoms with van der Waals surface area (Å²) in [5.41, 5.74) is 7.21. The lowest BCUT2D eigenvalue weighted by Gasteiger charge is -2.03. The smallest absolute Gasteiger partial charge is 0.142 e. The van der Waals surface area contributed by atoms with Gasteiger partial charge in [-0.25, -0.2) is 14.4 Å². The van der Waals surface area contributed by atoms with E-state index < -0.39 is 0 Å². The van der Waals surface area contributed by atoms with Crippen LogP contribution in [0.15, 0.2) is 29.2 Å². The fraction of sp³-hybridized carbons (Fsp3) is 0.200. The van der Waals surface area contributed by atoms with Crippen molar-refractivity contribution in [3.63, 3.8) is 0 Å². The van der Waals surface area contributed by atoms with Crippen molar-refractivity contribution in [1.82, 2.24) is 9.97 Å². The summed E-state index contributed by atoms with van der Waals surface area (Å²) in [6.45, 7) is 4.11. The molecule has 0 radical (unpaired) electrons. The maximum atomic E-state index is 12.9. The van der Waals surface area contributed by atoms with Gasteiger partial charge in [0.2, 0.25) is 0 Å². The fourth-order valence-electron chi connectivity index (χ4n) is 2.07. The van der Waals surface area contributed by atoms with Crippen molar-refractivity contribution in [1.29, 1.82) is 0 Å². The maximum Gasteiger partial charge on any atom is 0.142 e. The van der Waals surface area contributed by atoms with Crippen LogP contribution in [-0.2, 0) is 5.75 Å². The molecule has 0 aliphatic carbocycles. The Hall–Kier alpha value is -1.66. The van der Waals surface area contributed by atoms with E-state index in [-0.39, 0.29) is 5.82 Å². The molecule has 0 saturated carbocycles. The van der Waals surface area contributed by atoms with E-state index in [0.29, 0.717) is 17.4 Å². The third kappa shape index (κ3) is 2.87. The first kappa shape index (κ1) is 14.3. The Labute approximate surface area is 130 Å². The molecule has 0 fully saturated rings. The van der Waals surface area contributed by atoms with E-state index in [0.717, 1.165) is 20.7 Å². The number of aryl methyl sites for hydroxylation is 2. The first-order valence-corrected chi connectivity index (χ1v) is 8.25. The van der Waals surface area contributed by atoms with Gasteiger partial charge in [0.25, 0.3) is 0 Å². The molecule has 0 aliphatic rings. The summed E-state index contributed by atoms with van der Waals surface area (Å²) in [5, 5.41) is 0.966. The van der Waals surface area contributed by atoms with Crippen LogP contribution in [0.25, 0.3) is 10.2 Å². The number of nitrogens with two attached hydrogens (primary N) is 1. The number of benzene rings is 1. The molecule has 0 bridgehead atoms. The molecule has 0 spiro atoms. The van der Waals surface area contributed by atoms with Crippen LogP contribution in [0.4, 0.5) is 10.2 Å². The van der Waals surface area contributed by atoms with Crippen molar-refractivity contribution in [2.24, 2.45) is 0 Å². The predicted molar refractivity (Wildman–Crippen MR) is 87.3 cm³/mol. The molecule has 3 rings (SSSR count). The molecule has 0 aliphatic heterocycles. The van der Waals surface area contributed by atoms with Crippen molar-refractivity contribution >= 4 is 39.1 Å². The van der Waals surface area contributed by atoms with Crippen molar-refractivity contribution < 1.29 is 4.39 Å². The Morgan fingerprint density at radius 1 is 1.19 bits per heavy atom. The Morgan fingerprint density at radius 2 is 1.90 bits per heavy atom. The number of hydrogen-bond donors (Lipinski definition) is 1. The van der Waals surface area contributed by atoms with Gasteiger partial charge in [0.05, 0.1) is 11.1 Å². The second-order valence-electron chi connectivity index (χ2n) is 4.73. The number of anilines is 1. The van der Waals surface area contributed by atoms with Gasteiger partial charge in [-0.15, -0.1) is 23.1 Å². The molecular weight excluding hydrogens is 305 g/mol. The second kappa shape index (κ2) is 5.61. The Bertz CT molecular complexity index is 797. The zero-order chi connectivity index (χ0) is 15.0. The predicted octanol–water partition coefficient (Wildman–Crippen LogP) is 4.32.